The highest BCUT2D eigenvalue weighted by molar-refractivity contribution is 5.32. The molecule has 1 aromatic carbocycles. The molecule has 3 nitrogen and oxygen atoms in total. The molecular formula is C23H28O3. The number of hydrogen-bond acceptors (Lipinski definition) is 3. The topological polar surface area (TPSA) is 27.7 Å². The number of methoxy groups -OCH3 is 3. The van der Waals surface area contributed by atoms with Gasteiger partial charge in [0.15, 0.2) is 0 Å². The lowest BCUT2D eigenvalue weighted by Crippen LogP contribution is -2.17. The minimum atomic E-state index is 0.457. The molecule has 1 aromatic rings. The van der Waals surface area contributed by atoms with Crippen molar-refractivity contribution in [3.8, 4) is 5.75 Å². The van der Waals surface area contributed by atoms with Gasteiger partial charge in [0.1, 0.15) is 17.3 Å². The average Bonchev–Trinajstić information content (AvgIpc) is 2.73. The first-order valence-corrected chi connectivity index (χ1v) is 9.22. The van der Waals surface area contributed by atoms with Gasteiger partial charge in [-0.25, -0.2) is 0 Å². The largest absolute Gasteiger partial charge is 0.497 e. The van der Waals surface area contributed by atoms with Crippen LogP contribution in [-0.2, 0) is 9.47 Å². The summed E-state index contributed by atoms with van der Waals surface area (Å²) in [6.45, 7) is 0. The normalized spacial score (nSPS) is 23.0. The van der Waals surface area contributed by atoms with E-state index in [1.807, 2.05) is 0 Å². The summed E-state index contributed by atoms with van der Waals surface area (Å²) in [6, 6.07) is 8.53. The van der Waals surface area contributed by atoms with Crippen LogP contribution in [0.2, 0.25) is 0 Å². The Kier molecular flexibility index (Phi) is 6.21. The van der Waals surface area contributed by atoms with Crippen molar-refractivity contribution in [3.05, 3.63) is 77.8 Å². The van der Waals surface area contributed by atoms with Crippen LogP contribution in [0.15, 0.2) is 72.2 Å². The van der Waals surface area contributed by atoms with Gasteiger partial charge in [0, 0.05) is 0 Å². The third kappa shape index (κ3) is 4.40. The lowest BCUT2D eigenvalue weighted by atomic mass is 9.75. The Morgan fingerprint density at radius 3 is 2.00 bits per heavy atom. The molecule has 0 amide bonds. The molecule has 0 spiro atoms. The zero-order chi connectivity index (χ0) is 18.4. The average molecular weight is 352 g/mol. The maximum Gasteiger partial charge on any atom is 0.118 e. The molecule has 0 radical (unpaired) electrons. The van der Waals surface area contributed by atoms with E-state index >= 15 is 0 Å². The summed E-state index contributed by atoms with van der Waals surface area (Å²) < 4.78 is 16.0. The number of hydrogen-bond donors (Lipinski definition) is 0. The maximum atomic E-state index is 5.35. The van der Waals surface area contributed by atoms with E-state index in [9.17, 15) is 0 Å². The minimum absolute atomic E-state index is 0.457. The van der Waals surface area contributed by atoms with Crippen molar-refractivity contribution in [1.82, 2.24) is 0 Å². The van der Waals surface area contributed by atoms with Gasteiger partial charge in [0.2, 0.25) is 0 Å². The van der Waals surface area contributed by atoms with Crippen molar-refractivity contribution in [3.63, 3.8) is 0 Å². The molecule has 0 fully saturated rings. The Morgan fingerprint density at radius 2 is 1.50 bits per heavy atom. The fourth-order valence-electron chi connectivity index (χ4n) is 3.77. The van der Waals surface area contributed by atoms with Gasteiger partial charge < -0.3 is 14.2 Å². The Balaban J connectivity index is 1.78. The second kappa shape index (κ2) is 8.79. The molecule has 26 heavy (non-hydrogen) atoms. The van der Waals surface area contributed by atoms with Crippen molar-refractivity contribution in [2.24, 2.45) is 11.8 Å². The first-order chi connectivity index (χ1) is 12.7. The van der Waals surface area contributed by atoms with Gasteiger partial charge in [-0.15, -0.1) is 0 Å². The zero-order valence-corrected chi connectivity index (χ0v) is 15.9. The standard InChI is InChI=1S/C23H28O3/c1-24-20-10-4-17(5-11-20)16-23(18-6-12-21(25-2)13-7-18)19-8-14-22(26-3)15-9-19/h4,6-8,10-15,17,19,23H,5,9,16H2,1-3H3. The summed E-state index contributed by atoms with van der Waals surface area (Å²) >= 11 is 0. The molecule has 0 aliphatic heterocycles. The lowest BCUT2D eigenvalue weighted by Gasteiger charge is -2.30. The highest BCUT2D eigenvalue weighted by Crippen LogP contribution is 2.39. The Hall–Kier alpha value is -2.42. The van der Waals surface area contributed by atoms with Gasteiger partial charge in [-0.3, -0.25) is 0 Å². The molecule has 3 unspecified atom stereocenters. The Morgan fingerprint density at radius 1 is 0.846 bits per heavy atom. The van der Waals surface area contributed by atoms with Crippen molar-refractivity contribution in [1.29, 1.82) is 0 Å². The third-order valence-electron chi connectivity index (χ3n) is 5.34. The Labute approximate surface area is 156 Å². The summed E-state index contributed by atoms with van der Waals surface area (Å²) in [5.41, 5.74) is 1.37. The van der Waals surface area contributed by atoms with E-state index in [4.69, 9.17) is 14.2 Å². The van der Waals surface area contributed by atoms with Gasteiger partial charge >= 0.3 is 0 Å². The first kappa shape index (κ1) is 18.4. The van der Waals surface area contributed by atoms with E-state index in [2.05, 4.69) is 60.7 Å². The van der Waals surface area contributed by atoms with Gasteiger partial charge in [-0.2, -0.15) is 0 Å². The summed E-state index contributed by atoms with van der Waals surface area (Å²) in [4.78, 5) is 0. The van der Waals surface area contributed by atoms with Gasteiger partial charge in [0.05, 0.1) is 21.3 Å². The third-order valence-corrected chi connectivity index (χ3v) is 5.34. The summed E-state index contributed by atoms with van der Waals surface area (Å²) in [5.74, 6) is 4.29. The van der Waals surface area contributed by atoms with Crippen LogP contribution in [0.4, 0.5) is 0 Å². The molecule has 0 N–H and O–H groups in total. The molecular weight excluding hydrogens is 324 g/mol. The number of ether oxygens (including phenoxy) is 3. The fraction of sp³-hybridized carbons (Fsp3) is 0.391. The molecule has 2 aliphatic carbocycles. The molecule has 3 rings (SSSR count). The lowest BCUT2D eigenvalue weighted by molar-refractivity contribution is 0.295. The summed E-state index contributed by atoms with van der Waals surface area (Å²) in [5, 5.41) is 0. The van der Waals surface area contributed by atoms with E-state index in [0.29, 0.717) is 17.8 Å². The molecule has 0 bridgehead atoms. The van der Waals surface area contributed by atoms with E-state index in [-0.39, 0.29) is 0 Å². The van der Waals surface area contributed by atoms with E-state index < -0.39 is 0 Å². The molecule has 3 atom stereocenters. The second-order valence-corrected chi connectivity index (χ2v) is 6.85. The monoisotopic (exact) mass is 352 g/mol. The number of benzene rings is 1. The SMILES string of the molecule is COC1=CCC(CC(c2ccc(OC)cc2)C2C=CC(OC)=CC2)C=C1. The first-order valence-electron chi connectivity index (χ1n) is 9.22. The highest BCUT2D eigenvalue weighted by Gasteiger charge is 2.25. The smallest absolute Gasteiger partial charge is 0.118 e. The molecule has 0 heterocycles. The van der Waals surface area contributed by atoms with Crippen LogP contribution < -0.4 is 4.74 Å². The molecule has 2 aliphatic rings. The van der Waals surface area contributed by atoms with Crippen molar-refractivity contribution in [2.75, 3.05) is 21.3 Å². The molecule has 0 saturated carbocycles. The molecule has 0 aromatic heterocycles. The van der Waals surface area contributed by atoms with Crippen LogP contribution in [0, 0.1) is 11.8 Å². The van der Waals surface area contributed by atoms with Crippen molar-refractivity contribution < 1.29 is 14.2 Å². The molecule has 3 heteroatoms. The van der Waals surface area contributed by atoms with E-state index in [1.54, 1.807) is 21.3 Å². The van der Waals surface area contributed by atoms with Crippen LogP contribution in [0.3, 0.4) is 0 Å². The van der Waals surface area contributed by atoms with Crippen LogP contribution in [0.5, 0.6) is 5.75 Å². The summed E-state index contributed by atoms with van der Waals surface area (Å²) in [7, 11) is 5.16. The fourth-order valence-corrected chi connectivity index (χ4v) is 3.77. The van der Waals surface area contributed by atoms with Gasteiger partial charge in [0.25, 0.3) is 0 Å². The number of allylic oxidation sites excluding steroid dienone is 6. The summed E-state index contributed by atoms with van der Waals surface area (Å²) in [6.07, 6.45) is 16.3. The van der Waals surface area contributed by atoms with E-state index in [1.165, 1.54) is 5.56 Å². The van der Waals surface area contributed by atoms with E-state index in [0.717, 1.165) is 36.5 Å². The predicted molar refractivity (Wildman–Crippen MR) is 105 cm³/mol. The second-order valence-electron chi connectivity index (χ2n) is 6.85. The predicted octanol–water partition coefficient (Wildman–Crippen LogP) is 5.38. The van der Waals surface area contributed by atoms with Crippen molar-refractivity contribution >= 4 is 0 Å². The maximum absolute atomic E-state index is 5.35. The molecule has 138 valence electrons. The van der Waals surface area contributed by atoms with Crippen molar-refractivity contribution in [2.45, 2.75) is 25.2 Å². The minimum Gasteiger partial charge on any atom is -0.497 e. The Bertz CT molecular complexity index is 709. The van der Waals surface area contributed by atoms with Crippen LogP contribution in [-0.4, -0.2) is 21.3 Å². The van der Waals surface area contributed by atoms with Crippen LogP contribution in [0.1, 0.15) is 30.7 Å². The van der Waals surface area contributed by atoms with Gasteiger partial charge in [-0.05, 0) is 79.0 Å². The van der Waals surface area contributed by atoms with Crippen LogP contribution >= 0.6 is 0 Å². The number of rotatable bonds is 7. The van der Waals surface area contributed by atoms with Gasteiger partial charge in [-0.1, -0.05) is 24.3 Å². The highest BCUT2D eigenvalue weighted by atomic mass is 16.5. The van der Waals surface area contributed by atoms with Crippen LogP contribution in [0.25, 0.3) is 0 Å². The zero-order valence-electron chi connectivity index (χ0n) is 15.9. The molecule has 0 saturated heterocycles. The quantitative estimate of drug-likeness (QED) is 0.659.